The minimum Gasteiger partial charge on any atom is -0.323 e. The van der Waals surface area contributed by atoms with Crippen molar-refractivity contribution < 1.29 is 4.21 Å². The van der Waals surface area contributed by atoms with Gasteiger partial charge in [0.05, 0.1) is 5.25 Å². The van der Waals surface area contributed by atoms with E-state index in [-0.39, 0.29) is 11.3 Å². The van der Waals surface area contributed by atoms with Crippen molar-refractivity contribution in [1.29, 1.82) is 0 Å². The van der Waals surface area contributed by atoms with Gasteiger partial charge in [-0.25, -0.2) is 0 Å². The maximum Gasteiger partial charge on any atom is 0.0512 e. The van der Waals surface area contributed by atoms with Crippen molar-refractivity contribution in [2.24, 2.45) is 11.7 Å². The van der Waals surface area contributed by atoms with E-state index in [0.717, 1.165) is 17.7 Å². The molecule has 3 heteroatoms. The smallest absolute Gasteiger partial charge is 0.0512 e. The van der Waals surface area contributed by atoms with Crippen molar-refractivity contribution in [2.75, 3.05) is 5.75 Å². The number of rotatable bonds is 6. The quantitative estimate of drug-likeness (QED) is 0.847. The number of nitrogens with two attached hydrogens (primary N) is 1. The maximum absolute atomic E-state index is 12.1. The van der Waals surface area contributed by atoms with Crippen LogP contribution in [0.15, 0.2) is 30.3 Å². The van der Waals surface area contributed by atoms with E-state index in [1.165, 1.54) is 0 Å². The van der Waals surface area contributed by atoms with E-state index in [4.69, 9.17) is 5.73 Å². The zero-order valence-corrected chi connectivity index (χ0v) is 11.7. The highest BCUT2D eigenvalue weighted by Gasteiger charge is 2.20. The minimum absolute atomic E-state index is 0.0103. The van der Waals surface area contributed by atoms with Crippen LogP contribution in [0.3, 0.4) is 0 Å². The van der Waals surface area contributed by atoms with Gasteiger partial charge in [-0.1, -0.05) is 44.2 Å². The fraction of sp³-hybridized carbons (Fsp3) is 0.571. The van der Waals surface area contributed by atoms with E-state index in [9.17, 15) is 4.21 Å². The third-order valence-corrected chi connectivity index (χ3v) is 4.76. The molecule has 2 nitrogen and oxygen atoms in total. The van der Waals surface area contributed by atoms with Crippen LogP contribution in [0.2, 0.25) is 0 Å². The third-order valence-electron chi connectivity index (χ3n) is 3.00. The lowest BCUT2D eigenvalue weighted by molar-refractivity contribution is 0.606. The highest BCUT2D eigenvalue weighted by Crippen LogP contribution is 2.18. The summed E-state index contributed by atoms with van der Waals surface area (Å²) in [4.78, 5) is 0. The lowest BCUT2D eigenvalue weighted by Crippen LogP contribution is -2.29. The fourth-order valence-corrected chi connectivity index (χ4v) is 3.21. The zero-order valence-electron chi connectivity index (χ0n) is 10.9. The lowest BCUT2D eigenvalue weighted by Gasteiger charge is -2.20. The molecule has 0 bridgehead atoms. The highest BCUT2D eigenvalue weighted by atomic mass is 32.2. The maximum atomic E-state index is 12.1. The van der Waals surface area contributed by atoms with Gasteiger partial charge >= 0.3 is 0 Å². The van der Waals surface area contributed by atoms with E-state index < -0.39 is 10.8 Å². The molecule has 0 aliphatic heterocycles. The molecule has 0 aliphatic rings. The first-order valence-electron chi connectivity index (χ1n) is 6.20. The van der Waals surface area contributed by atoms with E-state index >= 15 is 0 Å². The first-order valence-corrected chi connectivity index (χ1v) is 7.58. The van der Waals surface area contributed by atoms with E-state index in [1.807, 2.05) is 37.3 Å². The van der Waals surface area contributed by atoms with Crippen LogP contribution >= 0.6 is 0 Å². The van der Waals surface area contributed by atoms with Gasteiger partial charge in [0.1, 0.15) is 0 Å². The molecule has 0 amide bonds. The summed E-state index contributed by atoms with van der Waals surface area (Å²) in [6.45, 7) is 6.28. The summed E-state index contributed by atoms with van der Waals surface area (Å²) in [5.41, 5.74) is 7.22. The molecule has 1 rings (SSSR count). The molecule has 0 saturated heterocycles. The molecular formula is C14H23NOS. The van der Waals surface area contributed by atoms with Crippen LogP contribution < -0.4 is 5.73 Å². The van der Waals surface area contributed by atoms with Gasteiger partial charge in [-0.15, -0.1) is 0 Å². The van der Waals surface area contributed by atoms with Crippen molar-refractivity contribution in [3.8, 4) is 0 Å². The molecule has 0 fully saturated rings. The fourth-order valence-electron chi connectivity index (χ4n) is 1.65. The van der Waals surface area contributed by atoms with Crippen molar-refractivity contribution in [1.82, 2.24) is 0 Å². The Labute approximate surface area is 107 Å². The molecule has 0 spiro atoms. The number of benzene rings is 1. The van der Waals surface area contributed by atoms with Crippen LogP contribution in [-0.4, -0.2) is 15.2 Å². The van der Waals surface area contributed by atoms with Crippen molar-refractivity contribution in [2.45, 2.75) is 38.5 Å². The van der Waals surface area contributed by atoms with Crippen molar-refractivity contribution >= 4 is 10.8 Å². The predicted molar refractivity (Wildman–Crippen MR) is 75.3 cm³/mol. The molecule has 0 saturated carbocycles. The Hall–Kier alpha value is -0.670. The molecule has 1 aromatic carbocycles. The lowest BCUT2D eigenvalue weighted by atomic mass is 10.1. The average molecular weight is 253 g/mol. The number of hydrogen-bond acceptors (Lipinski definition) is 2. The Bertz CT molecular complexity index is 350. The second-order valence-electron chi connectivity index (χ2n) is 4.91. The SMILES string of the molecule is CC(C)CCS(=O)C(C)C(N)c1ccccc1. The molecule has 1 aromatic rings. The Morgan fingerprint density at radius 3 is 2.29 bits per heavy atom. The minimum atomic E-state index is -0.841. The summed E-state index contributed by atoms with van der Waals surface area (Å²) in [5.74, 6) is 1.35. The van der Waals surface area contributed by atoms with Gasteiger partial charge in [-0.2, -0.15) is 0 Å². The summed E-state index contributed by atoms with van der Waals surface area (Å²) in [6, 6.07) is 9.78. The van der Waals surface area contributed by atoms with Crippen LogP contribution in [0.5, 0.6) is 0 Å². The van der Waals surface area contributed by atoms with Gasteiger partial charge < -0.3 is 5.73 Å². The first kappa shape index (κ1) is 14.4. The summed E-state index contributed by atoms with van der Waals surface area (Å²) in [5, 5.41) is 0.0103. The van der Waals surface area contributed by atoms with Crippen LogP contribution in [-0.2, 0) is 10.8 Å². The van der Waals surface area contributed by atoms with Crippen molar-refractivity contribution in [3.63, 3.8) is 0 Å². The van der Waals surface area contributed by atoms with Crippen molar-refractivity contribution in [3.05, 3.63) is 35.9 Å². The normalized spacial score (nSPS) is 16.8. The van der Waals surface area contributed by atoms with Gasteiger partial charge in [-0.05, 0) is 24.8 Å². The molecule has 0 heterocycles. The summed E-state index contributed by atoms with van der Waals surface area (Å²) in [7, 11) is -0.841. The highest BCUT2D eigenvalue weighted by molar-refractivity contribution is 7.85. The van der Waals surface area contributed by atoms with Gasteiger partial charge in [0, 0.05) is 22.6 Å². The summed E-state index contributed by atoms with van der Waals surface area (Å²) in [6.07, 6.45) is 0.998. The van der Waals surface area contributed by atoms with E-state index in [0.29, 0.717) is 5.92 Å². The zero-order chi connectivity index (χ0) is 12.8. The molecule has 96 valence electrons. The second-order valence-corrected chi connectivity index (χ2v) is 6.82. The predicted octanol–water partition coefficient (Wildman–Crippen LogP) is 2.87. The van der Waals surface area contributed by atoms with E-state index in [2.05, 4.69) is 13.8 Å². The monoisotopic (exact) mass is 253 g/mol. The standard InChI is InChI=1S/C14H23NOS/c1-11(2)9-10-17(16)12(3)14(15)13-7-5-4-6-8-13/h4-8,11-12,14H,9-10,15H2,1-3H3. The molecular weight excluding hydrogens is 230 g/mol. The molecule has 3 atom stereocenters. The Morgan fingerprint density at radius 1 is 1.18 bits per heavy atom. The Morgan fingerprint density at radius 2 is 1.76 bits per heavy atom. The first-order chi connectivity index (χ1) is 8.02. The molecule has 2 N–H and O–H groups in total. The van der Waals surface area contributed by atoms with Crippen LogP contribution in [0.1, 0.15) is 38.8 Å². The molecule has 17 heavy (non-hydrogen) atoms. The van der Waals surface area contributed by atoms with Gasteiger partial charge in [0.15, 0.2) is 0 Å². The molecule has 3 unspecified atom stereocenters. The Balaban J connectivity index is 2.57. The van der Waals surface area contributed by atoms with Gasteiger partial charge in [0.2, 0.25) is 0 Å². The number of hydrogen-bond donors (Lipinski definition) is 1. The Kier molecular flexibility index (Phi) is 5.86. The molecule has 0 aliphatic carbocycles. The van der Waals surface area contributed by atoms with Crippen LogP contribution in [0.25, 0.3) is 0 Å². The van der Waals surface area contributed by atoms with Crippen LogP contribution in [0.4, 0.5) is 0 Å². The summed E-state index contributed by atoms with van der Waals surface area (Å²) >= 11 is 0. The third kappa shape index (κ3) is 4.60. The van der Waals surface area contributed by atoms with Crippen LogP contribution in [0, 0.1) is 5.92 Å². The largest absolute Gasteiger partial charge is 0.323 e. The average Bonchev–Trinajstić information content (AvgIpc) is 2.35. The van der Waals surface area contributed by atoms with Gasteiger partial charge in [0.25, 0.3) is 0 Å². The van der Waals surface area contributed by atoms with E-state index in [1.54, 1.807) is 0 Å². The summed E-state index contributed by atoms with van der Waals surface area (Å²) < 4.78 is 12.1. The molecule has 0 aromatic heterocycles. The molecule has 0 radical (unpaired) electrons. The van der Waals surface area contributed by atoms with Gasteiger partial charge in [-0.3, -0.25) is 4.21 Å². The second kappa shape index (κ2) is 6.92. The topological polar surface area (TPSA) is 43.1 Å².